The van der Waals surface area contributed by atoms with Gasteiger partial charge in [-0.1, -0.05) is 12.1 Å². The van der Waals surface area contributed by atoms with Gasteiger partial charge in [0.1, 0.15) is 5.82 Å². The number of likely N-dealkylation sites (N-methyl/N-ethyl adjacent to an activating group) is 1. The molecule has 1 heterocycles. The van der Waals surface area contributed by atoms with Crippen molar-refractivity contribution >= 4 is 0 Å². The molecule has 2 atom stereocenters. The summed E-state index contributed by atoms with van der Waals surface area (Å²) in [7, 11) is 2.06. The van der Waals surface area contributed by atoms with Crippen LogP contribution in [0.5, 0.6) is 0 Å². The lowest BCUT2D eigenvalue weighted by Gasteiger charge is -2.26. The SMILES string of the molecule is CC1OCCC1N(C)Cc1cc(CNC2CC2)ccc1F. The molecule has 1 aliphatic heterocycles. The highest BCUT2D eigenvalue weighted by Crippen LogP contribution is 2.22. The molecule has 2 aliphatic rings. The monoisotopic (exact) mass is 292 g/mol. The molecule has 3 nitrogen and oxygen atoms in total. The zero-order chi connectivity index (χ0) is 14.8. The molecule has 1 aliphatic carbocycles. The highest BCUT2D eigenvalue weighted by atomic mass is 19.1. The third kappa shape index (κ3) is 3.82. The average Bonchev–Trinajstić information content (AvgIpc) is 3.19. The highest BCUT2D eigenvalue weighted by molar-refractivity contribution is 5.25. The first-order chi connectivity index (χ1) is 10.1. The molecule has 4 heteroatoms. The van der Waals surface area contributed by atoms with E-state index >= 15 is 0 Å². The number of benzene rings is 1. The van der Waals surface area contributed by atoms with Crippen molar-refractivity contribution < 1.29 is 9.13 Å². The van der Waals surface area contributed by atoms with Crippen LogP contribution in [0.25, 0.3) is 0 Å². The molecule has 1 saturated carbocycles. The summed E-state index contributed by atoms with van der Waals surface area (Å²) >= 11 is 0. The second-order valence-electron chi connectivity index (χ2n) is 6.43. The van der Waals surface area contributed by atoms with Crippen LogP contribution >= 0.6 is 0 Å². The van der Waals surface area contributed by atoms with Crippen molar-refractivity contribution in [3.8, 4) is 0 Å². The van der Waals surface area contributed by atoms with E-state index in [4.69, 9.17) is 4.74 Å². The van der Waals surface area contributed by atoms with E-state index in [2.05, 4.69) is 24.2 Å². The van der Waals surface area contributed by atoms with Crippen molar-refractivity contribution in [3.63, 3.8) is 0 Å². The molecule has 0 radical (unpaired) electrons. The Morgan fingerprint density at radius 2 is 2.14 bits per heavy atom. The summed E-state index contributed by atoms with van der Waals surface area (Å²) < 4.78 is 19.7. The van der Waals surface area contributed by atoms with Crippen LogP contribution in [0.3, 0.4) is 0 Å². The summed E-state index contributed by atoms with van der Waals surface area (Å²) in [6, 6.07) is 6.55. The number of nitrogens with zero attached hydrogens (tertiary/aromatic N) is 1. The van der Waals surface area contributed by atoms with Gasteiger partial charge in [0.15, 0.2) is 0 Å². The summed E-state index contributed by atoms with van der Waals surface area (Å²) in [6.07, 6.45) is 3.81. The van der Waals surface area contributed by atoms with E-state index in [1.807, 2.05) is 12.1 Å². The molecule has 0 spiro atoms. The molecular weight excluding hydrogens is 267 g/mol. The number of hydrogen-bond acceptors (Lipinski definition) is 3. The summed E-state index contributed by atoms with van der Waals surface area (Å²) in [6.45, 7) is 4.39. The number of nitrogens with one attached hydrogen (secondary N) is 1. The molecule has 0 amide bonds. The van der Waals surface area contributed by atoms with Crippen molar-refractivity contribution in [2.75, 3.05) is 13.7 Å². The van der Waals surface area contributed by atoms with E-state index in [1.165, 1.54) is 18.4 Å². The lowest BCUT2D eigenvalue weighted by molar-refractivity contribution is 0.0810. The van der Waals surface area contributed by atoms with Crippen LogP contribution in [0.15, 0.2) is 18.2 Å². The smallest absolute Gasteiger partial charge is 0.127 e. The van der Waals surface area contributed by atoms with Crippen LogP contribution in [-0.4, -0.2) is 36.7 Å². The van der Waals surface area contributed by atoms with Gasteiger partial charge in [0.25, 0.3) is 0 Å². The van der Waals surface area contributed by atoms with Gasteiger partial charge in [-0.25, -0.2) is 4.39 Å². The Hall–Kier alpha value is -0.970. The van der Waals surface area contributed by atoms with E-state index in [0.717, 1.165) is 25.1 Å². The molecular formula is C17H25FN2O. The topological polar surface area (TPSA) is 24.5 Å². The minimum Gasteiger partial charge on any atom is -0.377 e. The highest BCUT2D eigenvalue weighted by Gasteiger charge is 2.28. The van der Waals surface area contributed by atoms with Gasteiger partial charge in [0, 0.05) is 37.3 Å². The molecule has 1 aromatic rings. The molecule has 1 saturated heterocycles. The zero-order valence-corrected chi connectivity index (χ0v) is 12.9. The Morgan fingerprint density at radius 1 is 1.33 bits per heavy atom. The zero-order valence-electron chi connectivity index (χ0n) is 12.9. The fourth-order valence-corrected chi connectivity index (χ4v) is 3.09. The molecule has 3 rings (SSSR count). The van der Waals surface area contributed by atoms with Crippen LogP contribution in [0, 0.1) is 5.82 Å². The van der Waals surface area contributed by atoms with Crippen LogP contribution in [-0.2, 0) is 17.8 Å². The molecule has 2 unspecified atom stereocenters. The fourth-order valence-electron chi connectivity index (χ4n) is 3.09. The first-order valence-electron chi connectivity index (χ1n) is 7.96. The van der Waals surface area contributed by atoms with Crippen LogP contribution in [0.4, 0.5) is 4.39 Å². The minimum atomic E-state index is -0.108. The summed E-state index contributed by atoms with van der Waals surface area (Å²) in [5.74, 6) is -0.108. The average molecular weight is 292 g/mol. The van der Waals surface area contributed by atoms with Gasteiger partial charge in [0.2, 0.25) is 0 Å². The third-order valence-corrected chi connectivity index (χ3v) is 4.60. The Kier molecular flexibility index (Phi) is 4.57. The van der Waals surface area contributed by atoms with Gasteiger partial charge in [0.05, 0.1) is 6.10 Å². The Morgan fingerprint density at radius 3 is 2.81 bits per heavy atom. The van der Waals surface area contributed by atoms with Crippen molar-refractivity contribution in [2.45, 2.75) is 57.5 Å². The first-order valence-corrected chi connectivity index (χ1v) is 7.96. The Bertz CT molecular complexity index is 490. The summed E-state index contributed by atoms with van der Waals surface area (Å²) in [5, 5.41) is 3.48. The largest absolute Gasteiger partial charge is 0.377 e. The van der Waals surface area contributed by atoms with E-state index < -0.39 is 0 Å². The quantitative estimate of drug-likeness (QED) is 0.872. The number of hydrogen-bond donors (Lipinski definition) is 1. The van der Waals surface area contributed by atoms with Crippen molar-refractivity contribution in [1.82, 2.24) is 10.2 Å². The second kappa shape index (κ2) is 6.42. The lowest BCUT2D eigenvalue weighted by atomic mass is 10.1. The van der Waals surface area contributed by atoms with Crippen LogP contribution in [0.2, 0.25) is 0 Å². The van der Waals surface area contributed by atoms with E-state index in [9.17, 15) is 4.39 Å². The van der Waals surface area contributed by atoms with Gasteiger partial charge in [-0.3, -0.25) is 4.90 Å². The lowest BCUT2D eigenvalue weighted by Crippen LogP contribution is -2.36. The standard InChI is InChI=1S/C17H25FN2O/c1-12-17(7-8-21-12)20(2)11-14-9-13(3-6-16(14)18)10-19-15-4-5-15/h3,6,9,12,15,17,19H,4-5,7-8,10-11H2,1-2H3. The van der Waals surface area contributed by atoms with E-state index in [-0.39, 0.29) is 11.9 Å². The molecule has 1 aromatic carbocycles. The maximum absolute atomic E-state index is 14.0. The predicted molar refractivity (Wildman–Crippen MR) is 81.5 cm³/mol. The number of halogens is 1. The Balaban J connectivity index is 1.63. The van der Waals surface area contributed by atoms with Gasteiger partial charge < -0.3 is 10.1 Å². The van der Waals surface area contributed by atoms with Crippen molar-refractivity contribution in [2.24, 2.45) is 0 Å². The molecule has 0 bridgehead atoms. The van der Waals surface area contributed by atoms with Crippen LogP contribution in [0.1, 0.15) is 37.3 Å². The summed E-state index contributed by atoms with van der Waals surface area (Å²) in [4.78, 5) is 2.22. The van der Waals surface area contributed by atoms with Gasteiger partial charge in [-0.05, 0) is 44.9 Å². The normalized spacial score (nSPS) is 25.7. The second-order valence-corrected chi connectivity index (χ2v) is 6.43. The van der Waals surface area contributed by atoms with E-state index in [0.29, 0.717) is 18.6 Å². The molecule has 2 fully saturated rings. The maximum atomic E-state index is 14.0. The predicted octanol–water partition coefficient (Wildman–Crippen LogP) is 2.69. The fraction of sp³-hybridized carbons (Fsp3) is 0.647. The minimum absolute atomic E-state index is 0.108. The number of rotatable bonds is 6. The van der Waals surface area contributed by atoms with Crippen molar-refractivity contribution in [1.29, 1.82) is 0 Å². The number of ether oxygens (including phenoxy) is 1. The third-order valence-electron chi connectivity index (χ3n) is 4.60. The maximum Gasteiger partial charge on any atom is 0.127 e. The molecule has 1 N–H and O–H groups in total. The van der Waals surface area contributed by atoms with Crippen molar-refractivity contribution in [3.05, 3.63) is 35.1 Å². The first kappa shape index (κ1) is 14.9. The van der Waals surface area contributed by atoms with Crippen LogP contribution < -0.4 is 5.32 Å². The van der Waals surface area contributed by atoms with Gasteiger partial charge >= 0.3 is 0 Å². The van der Waals surface area contributed by atoms with Gasteiger partial charge in [-0.15, -0.1) is 0 Å². The van der Waals surface area contributed by atoms with E-state index in [1.54, 1.807) is 6.07 Å². The molecule has 116 valence electrons. The Labute approximate surface area is 126 Å². The molecule has 21 heavy (non-hydrogen) atoms. The molecule has 0 aromatic heterocycles. The van der Waals surface area contributed by atoms with Gasteiger partial charge in [-0.2, -0.15) is 0 Å². The summed E-state index contributed by atoms with van der Waals surface area (Å²) in [5.41, 5.74) is 1.95.